The summed E-state index contributed by atoms with van der Waals surface area (Å²) in [5, 5.41) is 0. The van der Waals surface area contributed by atoms with E-state index in [-0.39, 0.29) is 11.9 Å². The van der Waals surface area contributed by atoms with E-state index >= 15 is 0 Å². The summed E-state index contributed by atoms with van der Waals surface area (Å²) in [4.78, 5) is 17.5. The molecule has 0 aliphatic carbocycles. The van der Waals surface area contributed by atoms with Gasteiger partial charge in [-0.1, -0.05) is 36.4 Å². The van der Waals surface area contributed by atoms with Gasteiger partial charge in [-0.15, -0.1) is 0 Å². The third kappa shape index (κ3) is 4.36. The van der Waals surface area contributed by atoms with E-state index in [4.69, 9.17) is 9.47 Å². The third-order valence-electron chi connectivity index (χ3n) is 6.17. The molecular formula is C25H30N2O3. The van der Waals surface area contributed by atoms with Crippen LogP contribution in [0, 0.1) is 0 Å². The number of hydrogen-bond donors (Lipinski definition) is 0. The van der Waals surface area contributed by atoms with E-state index < -0.39 is 0 Å². The second-order valence-electron chi connectivity index (χ2n) is 7.93. The van der Waals surface area contributed by atoms with E-state index in [9.17, 15) is 4.79 Å². The van der Waals surface area contributed by atoms with Gasteiger partial charge in [0.15, 0.2) is 0 Å². The lowest BCUT2D eigenvalue weighted by atomic mass is 9.99. The molecule has 2 aliphatic rings. The van der Waals surface area contributed by atoms with Crippen molar-refractivity contribution in [1.29, 1.82) is 0 Å². The van der Waals surface area contributed by atoms with Gasteiger partial charge >= 0.3 is 0 Å². The first-order chi connectivity index (χ1) is 14.7. The van der Waals surface area contributed by atoms with Crippen molar-refractivity contribution in [2.45, 2.75) is 25.3 Å². The van der Waals surface area contributed by atoms with E-state index in [0.29, 0.717) is 6.54 Å². The molecule has 4 rings (SSSR count). The molecule has 5 heteroatoms. The summed E-state index contributed by atoms with van der Waals surface area (Å²) in [6.07, 6.45) is 5.20. The van der Waals surface area contributed by atoms with E-state index in [1.165, 1.54) is 11.1 Å². The third-order valence-corrected chi connectivity index (χ3v) is 6.17. The van der Waals surface area contributed by atoms with Crippen LogP contribution in [0.25, 0.3) is 5.57 Å². The van der Waals surface area contributed by atoms with Crippen LogP contribution in [-0.2, 0) is 4.79 Å². The van der Waals surface area contributed by atoms with E-state index in [0.717, 1.165) is 56.0 Å². The van der Waals surface area contributed by atoms with Crippen LogP contribution in [0.15, 0.2) is 54.6 Å². The fraction of sp³-hybridized carbons (Fsp3) is 0.400. The van der Waals surface area contributed by atoms with Gasteiger partial charge in [0.25, 0.3) is 0 Å². The molecule has 1 atom stereocenters. The molecule has 30 heavy (non-hydrogen) atoms. The molecule has 158 valence electrons. The molecule has 0 aromatic heterocycles. The highest BCUT2D eigenvalue weighted by Crippen LogP contribution is 2.39. The lowest BCUT2D eigenvalue weighted by molar-refractivity contribution is -0.133. The molecule has 0 radical (unpaired) electrons. The minimum atomic E-state index is 0.0442. The molecule has 0 N–H and O–H groups in total. The average Bonchev–Trinajstić information content (AvgIpc) is 3.30. The largest absolute Gasteiger partial charge is 0.497 e. The first-order valence-corrected chi connectivity index (χ1v) is 10.7. The van der Waals surface area contributed by atoms with Crippen molar-refractivity contribution in [2.75, 3.05) is 40.4 Å². The Morgan fingerprint density at radius 3 is 2.60 bits per heavy atom. The van der Waals surface area contributed by atoms with Gasteiger partial charge in [-0.25, -0.2) is 0 Å². The highest BCUT2D eigenvalue weighted by molar-refractivity contribution is 5.79. The lowest BCUT2D eigenvalue weighted by Gasteiger charge is -2.31. The number of carbonyl (C=O) groups excluding carboxylic acids is 1. The van der Waals surface area contributed by atoms with Crippen molar-refractivity contribution >= 4 is 11.5 Å². The zero-order chi connectivity index (χ0) is 20.9. The number of rotatable bonds is 6. The summed E-state index contributed by atoms with van der Waals surface area (Å²) in [6.45, 7) is 2.98. The normalized spacial score (nSPS) is 19.5. The minimum Gasteiger partial charge on any atom is -0.497 e. The number of amides is 1. The van der Waals surface area contributed by atoms with Gasteiger partial charge in [0, 0.05) is 25.2 Å². The SMILES string of the molecule is COc1ccc(OC)c([C@@H]2CCCN2C(=O)CN2CC=C(c3ccccc3)CC2)c1. The van der Waals surface area contributed by atoms with Crippen LogP contribution in [-0.4, -0.2) is 56.1 Å². The number of carbonyl (C=O) groups is 1. The Bertz CT molecular complexity index is 910. The summed E-state index contributed by atoms with van der Waals surface area (Å²) in [7, 11) is 3.34. The Balaban J connectivity index is 1.43. The molecule has 2 heterocycles. The Kier molecular flexibility index (Phi) is 6.38. The van der Waals surface area contributed by atoms with Crippen LogP contribution in [0.5, 0.6) is 11.5 Å². The molecule has 5 nitrogen and oxygen atoms in total. The van der Waals surface area contributed by atoms with Crippen molar-refractivity contribution in [3.8, 4) is 11.5 Å². The molecule has 2 aromatic carbocycles. The molecule has 0 bridgehead atoms. The van der Waals surface area contributed by atoms with Gasteiger partial charge in [0.2, 0.25) is 5.91 Å². The van der Waals surface area contributed by atoms with Gasteiger partial charge in [-0.2, -0.15) is 0 Å². The summed E-state index contributed by atoms with van der Waals surface area (Å²) in [5.41, 5.74) is 3.69. The molecular weight excluding hydrogens is 376 g/mol. The molecule has 1 saturated heterocycles. The maximum absolute atomic E-state index is 13.2. The standard InChI is InChI=1S/C25H30N2O3/c1-29-21-10-11-24(30-2)22(17-21)23-9-6-14-27(23)25(28)18-26-15-12-20(13-16-26)19-7-4-3-5-8-19/h3-5,7-8,10-12,17,23H,6,9,13-16,18H2,1-2H3/t23-/m0/s1. The van der Waals surface area contributed by atoms with Crippen molar-refractivity contribution in [2.24, 2.45) is 0 Å². The Hall–Kier alpha value is -2.79. The van der Waals surface area contributed by atoms with Crippen LogP contribution < -0.4 is 9.47 Å². The highest BCUT2D eigenvalue weighted by Gasteiger charge is 2.33. The molecule has 2 aromatic rings. The monoisotopic (exact) mass is 406 g/mol. The first kappa shape index (κ1) is 20.5. The van der Waals surface area contributed by atoms with Crippen molar-refractivity contribution in [1.82, 2.24) is 9.80 Å². The second-order valence-corrected chi connectivity index (χ2v) is 7.93. The summed E-state index contributed by atoms with van der Waals surface area (Å²) in [6, 6.07) is 16.4. The van der Waals surface area contributed by atoms with Crippen LogP contribution >= 0.6 is 0 Å². The summed E-state index contributed by atoms with van der Waals surface area (Å²) in [5.74, 6) is 1.80. The van der Waals surface area contributed by atoms with Gasteiger partial charge in [0.1, 0.15) is 11.5 Å². The molecule has 2 aliphatic heterocycles. The number of likely N-dealkylation sites (tertiary alicyclic amines) is 1. The van der Waals surface area contributed by atoms with Crippen LogP contribution in [0.2, 0.25) is 0 Å². The number of benzene rings is 2. The van der Waals surface area contributed by atoms with Crippen LogP contribution in [0.4, 0.5) is 0 Å². The Morgan fingerprint density at radius 1 is 1.07 bits per heavy atom. The van der Waals surface area contributed by atoms with Gasteiger partial charge in [-0.3, -0.25) is 9.69 Å². The minimum absolute atomic E-state index is 0.0442. The molecule has 0 saturated carbocycles. The van der Waals surface area contributed by atoms with Crippen molar-refractivity contribution < 1.29 is 14.3 Å². The topological polar surface area (TPSA) is 42.0 Å². The van der Waals surface area contributed by atoms with E-state index in [1.807, 2.05) is 29.2 Å². The van der Waals surface area contributed by atoms with Crippen LogP contribution in [0.3, 0.4) is 0 Å². The molecule has 0 spiro atoms. The van der Waals surface area contributed by atoms with E-state index in [2.05, 4.69) is 35.2 Å². The zero-order valence-corrected chi connectivity index (χ0v) is 17.8. The Morgan fingerprint density at radius 2 is 1.90 bits per heavy atom. The summed E-state index contributed by atoms with van der Waals surface area (Å²) < 4.78 is 11.0. The van der Waals surface area contributed by atoms with Crippen molar-refractivity contribution in [3.05, 3.63) is 65.7 Å². The number of ether oxygens (including phenoxy) is 2. The zero-order valence-electron chi connectivity index (χ0n) is 17.8. The van der Waals surface area contributed by atoms with Gasteiger partial charge < -0.3 is 14.4 Å². The summed E-state index contributed by atoms with van der Waals surface area (Å²) >= 11 is 0. The smallest absolute Gasteiger partial charge is 0.237 e. The first-order valence-electron chi connectivity index (χ1n) is 10.7. The van der Waals surface area contributed by atoms with Crippen molar-refractivity contribution in [3.63, 3.8) is 0 Å². The number of methoxy groups -OCH3 is 2. The molecule has 1 fully saturated rings. The van der Waals surface area contributed by atoms with E-state index in [1.54, 1.807) is 14.2 Å². The molecule has 0 unspecified atom stereocenters. The van der Waals surface area contributed by atoms with Gasteiger partial charge in [-0.05, 0) is 48.6 Å². The fourth-order valence-electron chi connectivity index (χ4n) is 4.54. The second kappa shape index (κ2) is 9.35. The highest BCUT2D eigenvalue weighted by atomic mass is 16.5. The van der Waals surface area contributed by atoms with Crippen LogP contribution in [0.1, 0.15) is 36.4 Å². The maximum Gasteiger partial charge on any atom is 0.237 e. The number of nitrogens with zero attached hydrogens (tertiary/aromatic N) is 2. The number of hydrogen-bond acceptors (Lipinski definition) is 4. The Labute approximate surface area is 178 Å². The quantitative estimate of drug-likeness (QED) is 0.723. The lowest BCUT2D eigenvalue weighted by Crippen LogP contribution is -2.41. The maximum atomic E-state index is 13.2. The average molecular weight is 407 g/mol. The fourth-order valence-corrected chi connectivity index (χ4v) is 4.54. The predicted molar refractivity (Wildman–Crippen MR) is 119 cm³/mol. The molecule has 1 amide bonds. The van der Waals surface area contributed by atoms with Gasteiger partial charge in [0.05, 0.1) is 26.8 Å². The predicted octanol–water partition coefficient (Wildman–Crippen LogP) is 4.16.